The Morgan fingerprint density at radius 1 is 1.08 bits per heavy atom. The Labute approximate surface area is 71.4 Å². The molecule has 0 radical (unpaired) electrons. The van der Waals surface area contributed by atoms with E-state index in [2.05, 4.69) is 9.97 Å². The summed E-state index contributed by atoms with van der Waals surface area (Å²) in [6, 6.07) is 0. The molecule has 1 aromatic heterocycles. The van der Waals surface area contributed by atoms with Gasteiger partial charge in [0.15, 0.2) is 0 Å². The number of aromatic nitrogens is 2. The van der Waals surface area contributed by atoms with E-state index in [4.69, 9.17) is 11.5 Å². The van der Waals surface area contributed by atoms with Gasteiger partial charge in [0.1, 0.15) is 11.6 Å². The van der Waals surface area contributed by atoms with Crippen LogP contribution in [0.4, 0.5) is 17.6 Å². The molecular formula is C7H13N5. The van der Waals surface area contributed by atoms with Crippen LogP contribution in [0.2, 0.25) is 0 Å². The predicted molar refractivity (Wildman–Crippen MR) is 49.9 cm³/mol. The van der Waals surface area contributed by atoms with Crippen molar-refractivity contribution >= 4 is 17.6 Å². The molecule has 0 saturated heterocycles. The van der Waals surface area contributed by atoms with E-state index in [0.29, 0.717) is 17.6 Å². The SMILES string of the molecule is Cc1c(N)nc(N(C)C)nc1N. The number of nitrogens with two attached hydrogens (primary N) is 2. The summed E-state index contributed by atoms with van der Waals surface area (Å²) >= 11 is 0. The molecule has 4 N–H and O–H groups in total. The molecule has 0 fully saturated rings. The van der Waals surface area contributed by atoms with Gasteiger partial charge in [-0.1, -0.05) is 0 Å². The van der Waals surface area contributed by atoms with Gasteiger partial charge in [-0.2, -0.15) is 9.97 Å². The molecule has 12 heavy (non-hydrogen) atoms. The molecule has 1 aromatic rings. The molecule has 0 unspecified atom stereocenters. The number of hydrogen-bond acceptors (Lipinski definition) is 5. The van der Waals surface area contributed by atoms with E-state index < -0.39 is 0 Å². The molecule has 1 rings (SSSR count). The van der Waals surface area contributed by atoms with E-state index in [1.807, 2.05) is 14.1 Å². The largest absolute Gasteiger partial charge is 0.383 e. The fourth-order valence-electron chi connectivity index (χ4n) is 0.739. The van der Waals surface area contributed by atoms with Gasteiger partial charge < -0.3 is 16.4 Å². The fraction of sp³-hybridized carbons (Fsp3) is 0.429. The van der Waals surface area contributed by atoms with Crippen LogP contribution in [0.15, 0.2) is 0 Å². The maximum atomic E-state index is 5.60. The highest BCUT2D eigenvalue weighted by Gasteiger charge is 2.06. The van der Waals surface area contributed by atoms with Gasteiger partial charge in [0.25, 0.3) is 0 Å². The second kappa shape index (κ2) is 2.84. The van der Waals surface area contributed by atoms with E-state index in [1.54, 1.807) is 11.8 Å². The molecule has 0 saturated carbocycles. The zero-order chi connectivity index (χ0) is 9.30. The van der Waals surface area contributed by atoms with Crippen molar-refractivity contribution < 1.29 is 0 Å². The van der Waals surface area contributed by atoms with Crippen molar-refractivity contribution in [2.75, 3.05) is 30.5 Å². The van der Waals surface area contributed by atoms with Crippen molar-refractivity contribution in [2.45, 2.75) is 6.92 Å². The van der Waals surface area contributed by atoms with Crippen LogP contribution in [0.3, 0.4) is 0 Å². The topological polar surface area (TPSA) is 81.1 Å². The molecule has 5 nitrogen and oxygen atoms in total. The maximum absolute atomic E-state index is 5.60. The zero-order valence-electron chi connectivity index (χ0n) is 7.50. The summed E-state index contributed by atoms with van der Waals surface area (Å²) in [5.74, 6) is 1.41. The quantitative estimate of drug-likeness (QED) is 0.616. The summed E-state index contributed by atoms with van der Waals surface area (Å²) in [6.45, 7) is 1.80. The lowest BCUT2D eigenvalue weighted by atomic mass is 10.3. The second-order valence-electron chi connectivity index (χ2n) is 2.81. The minimum absolute atomic E-state index is 0.436. The van der Waals surface area contributed by atoms with E-state index in [0.717, 1.165) is 5.56 Å². The first kappa shape index (κ1) is 8.58. The summed E-state index contributed by atoms with van der Waals surface area (Å²) in [7, 11) is 3.67. The van der Waals surface area contributed by atoms with E-state index in [-0.39, 0.29) is 0 Å². The molecule has 0 amide bonds. The molecule has 0 spiro atoms. The van der Waals surface area contributed by atoms with Gasteiger partial charge in [-0.25, -0.2) is 0 Å². The van der Waals surface area contributed by atoms with Crippen molar-refractivity contribution in [3.05, 3.63) is 5.56 Å². The summed E-state index contributed by atoms with van der Waals surface area (Å²) in [4.78, 5) is 9.85. The molecule has 0 atom stereocenters. The van der Waals surface area contributed by atoms with Crippen molar-refractivity contribution in [1.29, 1.82) is 0 Å². The molecule has 0 aromatic carbocycles. The van der Waals surface area contributed by atoms with Crippen LogP contribution in [0.5, 0.6) is 0 Å². The van der Waals surface area contributed by atoms with E-state index >= 15 is 0 Å². The van der Waals surface area contributed by atoms with E-state index in [9.17, 15) is 0 Å². The Balaban J connectivity index is 3.21. The molecule has 0 bridgehead atoms. The van der Waals surface area contributed by atoms with Crippen LogP contribution in [-0.4, -0.2) is 24.1 Å². The van der Waals surface area contributed by atoms with Gasteiger partial charge in [0.2, 0.25) is 5.95 Å². The first-order chi connectivity index (χ1) is 5.52. The number of nitrogen functional groups attached to an aromatic ring is 2. The monoisotopic (exact) mass is 167 g/mol. The smallest absolute Gasteiger partial charge is 0.228 e. The summed E-state index contributed by atoms with van der Waals surface area (Å²) in [5, 5.41) is 0. The van der Waals surface area contributed by atoms with Crippen LogP contribution in [0.1, 0.15) is 5.56 Å². The minimum Gasteiger partial charge on any atom is -0.383 e. The predicted octanol–water partition coefficient (Wildman–Crippen LogP) is 0.0154. The summed E-state index contributed by atoms with van der Waals surface area (Å²) < 4.78 is 0. The molecule has 0 aliphatic rings. The molecule has 0 aliphatic heterocycles. The zero-order valence-corrected chi connectivity index (χ0v) is 7.50. The lowest BCUT2D eigenvalue weighted by Gasteiger charge is -2.12. The van der Waals surface area contributed by atoms with Gasteiger partial charge in [0, 0.05) is 19.7 Å². The normalized spacial score (nSPS) is 9.92. The number of rotatable bonds is 1. The third-order valence-electron chi connectivity index (χ3n) is 1.61. The molecule has 0 aliphatic carbocycles. The van der Waals surface area contributed by atoms with Gasteiger partial charge in [-0.3, -0.25) is 0 Å². The van der Waals surface area contributed by atoms with Gasteiger partial charge in [-0.05, 0) is 6.92 Å². The molecule has 66 valence electrons. The third-order valence-corrected chi connectivity index (χ3v) is 1.61. The fourth-order valence-corrected chi connectivity index (χ4v) is 0.739. The summed E-state index contributed by atoms with van der Waals surface area (Å²) in [5.41, 5.74) is 11.9. The van der Waals surface area contributed by atoms with E-state index in [1.165, 1.54) is 0 Å². The standard InChI is InChI=1S/C7H13N5/c1-4-5(8)10-7(12(2)3)11-6(4)9/h1-3H3,(H4,8,9,10,11). The molecular weight excluding hydrogens is 154 g/mol. The highest BCUT2D eigenvalue weighted by atomic mass is 15.2. The van der Waals surface area contributed by atoms with Crippen LogP contribution in [0.25, 0.3) is 0 Å². The minimum atomic E-state index is 0.436. The van der Waals surface area contributed by atoms with Gasteiger partial charge in [-0.15, -0.1) is 0 Å². The van der Waals surface area contributed by atoms with Crippen LogP contribution in [-0.2, 0) is 0 Å². The molecule has 5 heteroatoms. The number of nitrogens with zero attached hydrogens (tertiary/aromatic N) is 3. The van der Waals surface area contributed by atoms with Gasteiger partial charge >= 0.3 is 0 Å². The second-order valence-corrected chi connectivity index (χ2v) is 2.81. The maximum Gasteiger partial charge on any atom is 0.228 e. The first-order valence-corrected chi connectivity index (χ1v) is 3.59. The first-order valence-electron chi connectivity index (χ1n) is 3.59. The lowest BCUT2D eigenvalue weighted by molar-refractivity contribution is 0.999. The highest BCUT2D eigenvalue weighted by molar-refractivity contribution is 5.55. The van der Waals surface area contributed by atoms with Crippen molar-refractivity contribution in [1.82, 2.24) is 9.97 Å². The number of hydrogen-bond donors (Lipinski definition) is 2. The summed E-state index contributed by atoms with van der Waals surface area (Å²) in [6.07, 6.45) is 0. The highest BCUT2D eigenvalue weighted by Crippen LogP contribution is 2.16. The van der Waals surface area contributed by atoms with Gasteiger partial charge in [0.05, 0.1) is 0 Å². The van der Waals surface area contributed by atoms with Crippen molar-refractivity contribution in [3.8, 4) is 0 Å². The average molecular weight is 167 g/mol. The molecule has 1 heterocycles. The Hall–Kier alpha value is -1.52. The van der Waals surface area contributed by atoms with Crippen LogP contribution >= 0.6 is 0 Å². The lowest BCUT2D eigenvalue weighted by Crippen LogP contribution is -2.15. The van der Waals surface area contributed by atoms with Crippen LogP contribution in [0, 0.1) is 6.92 Å². The Morgan fingerprint density at radius 2 is 1.50 bits per heavy atom. The average Bonchev–Trinajstić information content (AvgIpc) is 1.99. The third kappa shape index (κ3) is 1.39. The van der Waals surface area contributed by atoms with Crippen molar-refractivity contribution in [2.24, 2.45) is 0 Å². The number of anilines is 3. The Kier molecular flexibility index (Phi) is 2.03. The van der Waals surface area contributed by atoms with Crippen LogP contribution < -0.4 is 16.4 Å². The Morgan fingerprint density at radius 3 is 1.83 bits per heavy atom. The Bertz CT molecular complexity index is 271. The van der Waals surface area contributed by atoms with Crippen molar-refractivity contribution in [3.63, 3.8) is 0 Å².